The Hall–Kier alpha value is -2.31. The van der Waals surface area contributed by atoms with Gasteiger partial charge in [0.25, 0.3) is 0 Å². The van der Waals surface area contributed by atoms with Gasteiger partial charge in [-0.1, -0.05) is 0 Å². The van der Waals surface area contributed by atoms with Gasteiger partial charge in [-0.05, 0) is 26.8 Å². The fourth-order valence-electron chi connectivity index (χ4n) is 1.95. The lowest BCUT2D eigenvalue weighted by Crippen LogP contribution is -2.37. The molecular weight excluding hydrogens is 288 g/mol. The maximum absolute atomic E-state index is 12.1. The van der Waals surface area contributed by atoms with E-state index in [-0.39, 0.29) is 6.54 Å². The van der Waals surface area contributed by atoms with Gasteiger partial charge in [0.05, 0.1) is 25.8 Å². The van der Waals surface area contributed by atoms with Crippen molar-refractivity contribution in [1.29, 1.82) is 0 Å². The summed E-state index contributed by atoms with van der Waals surface area (Å²) in [4.78, 5) is 29.4. The van der Waals surface area contributed by atoms with E-state index in [1.54, 1.807) is 6.07 Å². The molecule has 22 heavy (non-hydrogen) atoms. The average molecular weight is 308 g/mol. The summed E-state index contributed by atoms with van der Waals surface area (Å²) >= 11 is 0. The quantitative estimate of drug-likeness (QED) is 0.738. The Morgan fingerprint density at radius 1 is 1.36 bits per heavy atom. The Morgan fingerprint density at radius 3 is 2.73 bits per heavy atom. The van der Waals surface area contributed by atoms with Crippen LogP contribution in [0.4, 0.5) is 4.79 Å². The van der Waals surface area contributed by atoms with Crippen LogP contribution in [0.2, 0.25) is 0 Å². The van der Waals surface area contributed by atoms with Crippen molar-refractivity contribution in [2.75, 3.05) is 20.3 Å². The van der Waals surface area contributed by atoms with Gasteiger partial charge < -0.3 is 14.2 Å². The van der Waals surface area contributed by atoms with Crippen LogP contribution in [-0.2, 0) is 16.0 Å². The molecular formula is C15H20N2O5. The minimum atomic E-state index is -0.560. The molecule has 7 heteroatoms. The third-order valence-corrected chi connectivity index (χ3v) is 2.96. The zero-order valence-electron chi connectivity index (χ0n) is 13.2. The van der Waals surface area contributed by atoms with E-state index in [0.29, 0.717) is 30.2 Å². The maximum atomic E-state index is 12.1. The SMILES string of the molecule is COC(=O)c1cnc2c(c1)OCCN(C(=O)OC(C)(C)C)C2. The van der Waals surface area contributed by atoms with Crippen molar-refractivity contribution in [3.05, 3.63) is 23.5 Å². The number of ether oxygens (including phenoxy) is 3. The van der Waals surface area contributed by atoms with E-state index >= 15 is 0 Å². The van der Waals surface area contributed by atoms with Crippen molar-refractivity contribution >= 4 is 12.1 Å². The molecule has 0 aliphatic carbocycles. The molecule has 0 unspecified atom stereocenters. The lowest BCUT2D eigenvalue weighted by Gasteiger charge is -2.25. The molecule has 0 fully saturated rings. The first-order valence-corrected chi connectivity index (χ1v) is 6.98. The molecule has 1 aromatic heterocycles. The van der Waals surface area contributed by atoms with Crippen molar-refractivity contribution in [3.63, 3.8) is 0 Å². The molecule has 120 valence electrons. The lowest BCUT2D eigenvalue weighted by molar-refractivity contribution is 0.0223. The first-order valence-electron chi connectivity index (χ1n) is 6.98. The number of carbonyl (C=O) groups is 2. The number of pyridine rings is 1. The maximum Gasteiger partial charge on any atom is 0.410 e. The van der Waals surface area contributed by atoms with Crippen LogP contribution in [0.15, 0.2) is 12.3 Å². The second-order valence-corrected chi connectivity index (χ2v) is 5.91. The van der Waals surface area contributed by atoms with E-state index in [1.807, 2.05) is 20.8 Å². The number of rotatable bonds is 1. The summed E-state index contributed by atoms with van der Waals surface area (Å²) in [6.07, 6.45) is 0.995. The topological polar surface area (TPSA) is 78.0 Å². The summed E-state index contributed by atoms with van der Waals surface area (Å²) in [5.74, 6) is 0.00102. The summed E-state index contributed by atoms with van der Waals surface area (Å²) in [6, 6.07) is 1.58. The van der Waals surface area contributed by atoms with Gasteiger partial charge in [-0.15, -0.1) is 0 Å². The average Bonchev–Trinajstić information content (AvgIpc) is 2.66. The number of carbonyl (C=O) groups excluding carboxylic acids is 2. The van der Waals surface area contributed by atoms with Crippen LogP contribution in [0, 0.1) is 0 Å². The van der Waals surface area contributed by atoms with Crippen LogP contribution in [-0.4, -0.2) is 47.8 Å². The largest absolute Gasteiger partial charge is 0.490 e. The van der Waals surface area contributed by atoms with Crippen LogP contribution in [0.25, 0.3) is 0 Å². The van der Waals surface area contributed by atoms with Crippen molar-refractivity contribution in [1.82, 2.24) is 9.88 Å². The normalized spacial score (nSPS) is 14.5. The van der Waals surface area contributed by atoms with Crippen molar-refractivity contribution < 1.29 is 23.8 Å². The summed E-state index contributed by atoms with van der Waals surface area (Å²) in [5, 5.41) is 0. The van der Waals surface area contributed by atoms with Crippen LogP contribution in [0.1, 0.15) is 36.8 Å². The number of hydrogen-bond acceptors (Lipinski definition) is 6. The van der Waals surface area contributed by atoms with Gasteiger partial charge >= 0.3 is 12.1 Å². The Kier molecular flexibility index (Phi) is 4.54. The van der Waals surface area contributed by atoms with Crippen LogP contribution in [0.3, 0.4) is 0 Å². The zero-order valence-corrected chi connectivity index (χ0v) is 13.2. The molecule has 1 aromatic rings. The Morgan fingerprint density at radius 2 is 2.09 bits per heavy atom. The van der Waals surface area contributed by atoms with E-state index in [2.05, 4.69) is 9.72 Å². The molecule has 2 rings (SSSR count). The number of amides is 1. The predicted molar refractivity (Wildman–Crippen MR) is 77.7 cm³/mol. The van der Waals surface area contributed by atoms with Gasteiger partial charge in [0.1, 0.15) is 23.7 Å². The molecule has 2 heterocycles. The molecule has 0 aromatic carbocycles. The molecule has 0 saturated heterocycles. The van der Waals surface area contributed by atoms with Gasteiger partial charge in [-0.3, -0.25) is 9.88 Å². The highest BCUT2D eigenvalue weighted by Crippen LogP contribution is 2.23. The number of methoxy groups -OCH3 is 1. The van der Waals surface area contributed by atoms with E-state index in [1.165, 1.54) is 18.2 Å². The van der Waals surface area contributed by atoms with E-state index in [9.17, 15) is 9.59 Å². The van der Waals surface area contributed by atoms with Crippen LogP contribution < -0.4 is 4.74 Å². The summed E-state index contributed by atoms with van der Waals surface area (Å²) < 4.78 is 15.6. The van der Waals surface area contributed by atoms with E-state index in [0.717, 1.165) is 0 Å². The zero-order chi connectivity index (χ0) is 16.3. The van der Waals surface area contributed by atoms with Gasteiger partial charge in [-0.25, -0.2) is 9.59 Å². The smallest absolute Gasteiger partial charge is 0.410 e. The Bertz CT molecular complexity index is 580. The molecule has 1 aliphatic rings. The predicted octanol–water partition coefficient (Wildman–Crippen LogP) is 2.00. The third kappa shape index (κ3) is 3.87. The molecule has 0 radical (unpaired) electrons. The highest BCUT2D eigenvalue weighted by Gasteiger charge is 2.26. The number of hydrogen-bond donors (Lipinski definition) is 0. The second-order valence-electron chi connectivity index (χ2n) is 5.91. The van der Waals surface area contributed by atoms with Crippen LogP contribution >= 0.6 is 0 Å². The lowest BCUT2D eigenvalue weighted by atomic mass is 10.2. The Labute approximate surface area is 129 Å². The molecule has 7 nitrogen and oxygen atoms in total. The van der Waals surface area contributed by atoms with Gasteiger partial charge in [0, 0.05) is 6.20 Å². The number of nitrogens with zero attached hydrogens (tertiary/aromatic N) is 2. The fourth-order valence-corrected chi connectivity index (χ4v) is 1.95. The summed E-state index contributed by atoms with van der Waals surface area (Å²) in [7, 11) is 1.30. The van der Waals surface area contributed by atoms with Crippen molar-refractivity contribution in [2.45, 2.75) is 32.9 Å². The van der Waals surface area contributed by atoms with E-state index in [4.69, 9.17) is 9.47 Å². The second kappa shape index (κ2) is 6.21. The number of fused-ring (bicyclic) bond motifs is 1. The molecule has 1 amide bonds. The first-order chi connectivity index (χ1) is 10.3. The van der Waals surface area contributed by atoms with Crippen molar-refractivity contribution in [2.24, 2.45) is 0 Å². The monoisotopic (exact) mass is 308 g/mol. The standard InChI is InChI=1S/C15H20N2O5/c1-15(2,3)22-14(19)17-5-6-21-12-7-10(13(18)20-4)8-16-11(12)9-17/h7-8H,5-6,9H2,1-4H3. The molecule has 0 N–H and O–H groups in total. The number of aromatic nitrogens is 1. The first kappa shape index (κ1) is 16.1. The summed E-state index contributed by atoms with van der Waals surface area (Å²) in [6.45, 7) is 6.40. The minimum absolute atomic E-state index is 0.270. The third-order valence-electron chi connectivity index (χ3n) is 2.96. The Balaban J connectivity index is 2.17. The highest BCUT2D eigenvalue weighted by molar-refractivity contribution is 5.89. The number of esters is 1. The molecule has 0 saturated carbocycles. The van der Waals surface area contributed by atoms with Gasteiger partial charge in [0.2, 0.25) is 0 Å². The van der Waals surface area contributed by atoms with Crippen LogP contribution in [0.5, 0.6) is 5.75 Å². The van der Waals surface area contributed by atoms with Gasteiger partial charge in [0.15, 0.2) is 0 Å². The van der Waals surface area contributed by atoms with Gasteiger partial charge in [-0.2, -0.15) is 0 Å². The molecule has 0 atom stereocenters. The molecule has 1 aliphatic heterocycles. The fraction of sp³-hybridized carbons (Fsp3) is 0.533. The van der Waals surface area contributed by atoms with Crippen molar-refractivity contribution in [3.8, 4) is 5.75 Å². The molecule has 0 bridgehead atoms. The minimum Gasteiger partial charge on any atom is -0.490 e. The van der Waals surface area contributed by atoms with E-state index < -0.39 is 17.7 Å². The molecule has 0 spiro atoms. The summed E-state index contributed by atoms with van der Waals surface area (Å²) in [5.41, 5.74) is 0.331. The highest BCUT2D eigenvalue weighted by atomic mass is 16.6.